The van der Waals surface area contributed by atoms with Crippen LogP contribution in [0.2, 0.25) is 0 Å². The number of unbranched alkanes of at least 4 members (excludes halogenated alkanes) is 4. The van der Waals surface area contributed by atoms with Gasteiger partial charge in [-0.3, -0.25) is 0 Å². The van der Waals surface area contributed by atoms with Crippen molar-refractivity contribution in [3.63, 3.8) is 0 Å². The summed E-state index contributed by atoms with van der Waals surface area (Å²) in [5.74, 6) is 1.20. The van der Waals surface area contributed by atoms with E-state index in [0.29, 0.717) is 0 Å². The van der Waals surface area contributed by atoms with Gasteiger partial charge in [0.25, 0.3) is 5.82 Å². The van der Waals surface area contributed by atoms with Crippen molar-refractivity contribution in [2.75, 3.05) is 0 Å². The van der Waals surface area contributed by atoms with E-state index in [1.54, 1.807) is 0 Å². The van der Waals surface area contributed by atoms with Crippen LogP contribution < -0.4 is 4.57 Å². The first-order valence-corrected chi connectivity index (χ1v) is 7.93. The van der Waals surface area contributed by atoms with E-state index in [1.165, 1.54) is 43.5 Å². The Morgan fingerprint density at radius 3 is 2.53 bits per heavy atom. The van der Waals surface area contributed by atoms with Gasteiger partial charge in [0.15, 0.2) is 0 Å². The zero-order chi connectivity index (χ0) is 13.5. The van der Waals surface area contributed by atoms with Crippen LogP contribution in [0.25, 0.3) is 11.4 Å². The summed E-state index contributed by atoms with van der Waals surface area (Å²) in [5, 5.41) is 0. The van der Waals surface area contributed by atoms with Gasteiger partial charge in [0, 0.05) is 4.47 Å². The molecule has 2 aromatic rings. The molecule has 2 nitrogen and oxygen atoms in total. The largest absolute Gasteiger partial charge is 0.286 e. The zero-order valence-corrected chi connectivity index (χ0v) is 13.1. The number of aromatic amines is 1. The number of H-pyrrole nitrogens is 1. The molecule has 1 aromatic carbocycles. The van der Waals surface area contributed by atoms with Crippen LogP contribution in [0.1, 0.15) is 39.0 Å². The lowest BCUT2D eigenvalue weighted by Gasteiger charge is -2.02. The first-order chi connectivity index (χ1) is 9.31. The van der Waals surface area contributed by atoms with Gasteiger partial charge in [-0.15, -0.1) is 0 Å². The lowest BCUT2D eigenvalue weighted by molar-refractivity contribution is -0.685. The average Bonchev–Trinajstić information content (AvgIpc) is 2.88. The number of hydrogen-bond donors (Lipinski definition) is 1. The van der Waals surface area contributed by atoms with Gasteiger partial charge in [-0.2, -0.15) is 0 Å². The van der Waals surface area contributed by atoms with Crippen LogP contribution in [0, 0.1) is 0 Å². The highest BCUT2D eigenvalue weighted by Crippen LogP contribution is 2.17. The van der Waals surface area contributed by atoms with Gasteiger partial charge >= 0.3 is 0 Å². The first kappa shape index (κ1) is 14.3. The van der Waals surface area contributed by atoms with Crippen LogP contribution in [0.3, 0.4) is 0 Å². The number of rotatable bonds is 7. The van der Waals surface area contributed by atoms with Gasteiger partial charge in [0.05, 0.1) is 12.1 Å². The third-order valence-electron chi connectivity index (χ3n) is 3.38. The number of nitrogens with one attached hydrogen (secondary N) is 1. The molecule has 19 heavy (non-hydrogen) atoms. The van der Waals surface area contributed by atoms with Crippen LogP contribution >= 0.6 is 15.9 Å². The Morgan fingerprint density at radius 2 is 1.79 bits per heavy atom. The quantitative estimate of drug-likeness (QED) is 0.563. The van der Waals surface area contributed by atoms with Crippen LogP contribution in [-0.4, -0.2) is 4.98 Å². The second kappa shape index (κ2) is 7.49. The minimum atomic E-state index is 1.10. The first-order valence-electron chi connectivity index (χ1n) is 7.14. The van der Waals surface area contributed by atoms with Gasteiger partial charge in [0.2, 0.25) is 0 Å². The predicted octanol–water partition coefficient (Wildman–Crippen LogP) is 4.70. The molecule has 0 unspecified atom stereocenters. The highest BCUT2D eigenvalue weighted by molar-refractivity contribution is 9.10. The van der Waals surface area contributed by atoms with Crippen LogP contribution in [0.15, 0.2) is 41.1 Å². The summed E-state index contributed by atoms with van der Waals surface area (Å²) in [4.78, 5) is 3.34. The molecule has 1 heterocycles. The molecule has 102 valence electrons. The van der Waals surface area contributed by atoms with Crippen molar-refractivity contribution >= 4 is 15.9 Å². The van der Waals surface area contributed by atoms with E-state index in [-0.39, 0.29) is 0 Å². The Morgan fingerprint density at radius 1 is 1.05 bits per heavy atom. The van der Waals surface area contributed by atoms with E-state index in [9.17, 15) is 0 Å². The summed E-state index contributed by atoms with van der Waals surface area (Å²) in [7, 11) is 0. The number of hydrogen-bond acceptors (Lipinski definition) is 0. The lowest BCUT2D eigenvalue weighted by atomic mass is 10.1. The number of imidazole rings is 1. The molecule has 0 saturated heterocycles. The summed E-state index contributed by atoms with van der Waals surface area (Å²) >= 11 is 3.48. The molecule has 0 aliphatic heterocycles. The molecule has 0 amide bonds. The minimum absolute atomic E-state index is 1.10. The van der Waals surface area contributed by atoms with Crippen molar-refractivity contribution in [2.24, 2.45) is 0 Å². The van der Waals surface area contributed by atoms with E-state index < -0.39 is 0 Å². The van der Waals surface area contributed by atoms with Crippen molar-refractivity contribution in [1.29, 1.82) is 0 Å². The Kier molecular flexibility index (Phi) is 5.64. The minimum Gasteiger partial charge on any atom is -0.243 e. The number of aryl methyl sites for hydroxylation is 1. The van der Waals surface area contributed by atoms with Crippen molar-refractivity contribution in [3.05, 3.63) is 41.1 Å². The molecule has 0 fully saturated rings. The molecular weight excluding hydrogens is 300 g/mol. The molecule has 1 aromatic heterocycles. The van der Waals surface area contributed by atoms with Gasteiger partial charge in [-0.1, -0.05) is 42.1 Å². The van der Waals surface area contributed by atoms with E-state index >= 15 is 0 Å². The van der Waals surface area contributed by atoms with Crippen molar-refractivity contribution in [1.82, 2.24) is 4.98 Å². The average molecular weight is 322 g/mol. The Balaban J connectivity index is 1.96. The Bertz CT molecular complexity index is 488. The highest BCUT2D eigenvalue weighted by Gasteiger charge is 2.12. The van der Waals surface area contributed by atoms with Gasteiger partial charge in [-0.05, 0) is 37.1 Å². The summed E-state index contributed by atoms with van der Waals surface area (Å²) in [5.41, 5.74) is 1.24. The molecule has 0 saturated carbocycles. The zero-order valence-electron chi connectivity index (χ0n) is 11.5. The molecular formula is C16H22BrN2+. The van der Waals surface area contributed by atoms with Gasteiger partial charge in [0.1, 0.15) is 12.4 Å². The monoisotopic (exact) mass is 321 g/mol. The fourth-order valence-electron chi connectivity index (χ4n) is 2.29. The topological polar surface area (TPSA) is 19.7 Å². The number of nitrogens with zero attached hydrogens (tertiary/aromatic N) is 1. The molecule has 0 spiro atoms. The number of benzene rings is 1. The molecule has 3 heteroatoms. The number of halogens is 1. The van der Waals surface area contributed by atoms with Gasteiger partial charge in [-0.25, -0.2) is 9.55 Å². The molecule has 0 radical (unpaired) electrons. The fourth-order valence-corrected chi connectivity index (χ4v) is 2.56. The van der Waals surface area contributed by atoms with Crippen molar-refractivity contribution in [2.45, 2.75) is 45.6 Å². The van der Waals surface area contributed by atoms with E-state index in [0.717, 1.165) is 11.0 Å². The Labute approximate surface area is 124 Å². The maximum atomic E-state index is 3.48. The van der Waals surface area contributed by atoms with Gasteiger partial charge < -0.3 is 0 Å². The van der Waals surface area contributed by atoms with Crippen LogP contribution in [0.5, 0.6) is 0 Å². The van der Waals surface area contributed by atoms with Crippen LogP contribution in [0.4, 0.5) is 0 Å². The normalized spacial score (nSPS) is 10.8. The molecule has 0 aliphatic carbocycles. The smallest absolute Gasteiger partial charge is 0.243 e. The van der Waals surface area contributed by atoms with E-state index in [1.807, 2.05) is 6.20 Å². The second-order valence-corrected chi connectivity index (χ2v) is 5.84. The fraction of sp³-hybridized carbons (Fsp3) is 0.438. The lowest BCUT2D eigenvalue weighted by Crippen LogP contribution is -2.33. The molecule has 0 bridgehead atoms. The van der Waals surface area contributed by atoms with E-state index in [4.69, 9.17) is 0 Å². The molecule has 2 rings (SSSR count). The maximum Gasteiger partial charge on any atom is 0.286 e. The summed E-state index contributed by atoms with van der Waals surface area (Å²) in [6.07, 6.45) is 10.8. The third kappa shape index (κ3) is 4.20. The SMILES string of the molecule is CCCCCCC[n+]1cc[nH]c1-c1ccc(Br)cc1. The predicted molar refractivity (Wildman–Crippen MR) is 82.9 cm³/mol. The molecule has 0 aliphatic rings. The van der Waals surface area contributed by atoms with Crippen molar-refractivity contribution < 1.29 is 4.57 Å². The molecule has 0 atom stereocenters. The van der Waals surface area contributed by atoms with Crippen LogP contribution in [-0.2, 0) is 6.54 Å². The molecule has 1 N–H and O–H groups in total. The summed E-state index contributed by atoms with van der Waals surface area (Å²) < 4.78 is 3.43. The number of aromatic nitrogens is 2. The maximum absolute atomic E-state index is 3.48. The summed E-state index contributed by atoms with van der Waals surface area (Å²) in [6, 6.07) is 8.45. The Hall–Kier alpha value is -1.09. The van der Waals surface area contributed by atoms with E-state index in [2.05, 4.69) is 62.9 Å². The standard InChI is InChI=1S/C16H21BrN2/c1-2-3-4-5-6-12-19-13-11-18-16(19)14-7-9-15(17)10-8-14/h7-11,13H,2-6,12H2,1H3/p+1. The highest BCUT2D eigenvalue weighted by atomic mass is 79.9. The second-order valence-electron chi connectivity index (χ2n) is 4.92. The van der Waals surface area contributed by atoms with Crippen molar-refractivity contribution in [3.8, 4) is 11.4 Å². The summed E-state index contributed by atoms with van der Waals surface area (Å²) in [6.45, 7) is 3.35. The third-order valence-corrected chi connectivity index (χ3v) is 3.91.